The lowest BCUT2D eigenvalue weighted by molar-refractivity contribution is -0.137. The first-order valence-electron chi connectivity index (χ1n) is 13.8. The maximum absolute atomic E-state index is 13.8. The third-order valence-electron chi connectivity index (χ3n) is 6.46. The Hall–Kier alpha value is -5.19. The van der Waals surface area contributed by atoms with Crippen LogP contribution in [0.15, 0.2) is 89.9 Å². The molecule has 3 amide bonds. The van der Waals surface area contributed by atoms with Gasteiger partial charge in [-0.15, -0.1) is 0 Å². The van der Waals surface area contributed by atoms with Gasteiger partial charge in [0.25, 0.3) is 5.56 Å². The highest BCUT2D eigenvalue weighted by molar-refractivity contribution is 5.86. The summed E-state index contributed by atoms with van der Waals surface area (Å²) in [5.74, 6) is -1.73. The summed E-state index contributed by atoms with van der Waals surface area (Å²) in [6.45, 7) is 3.51. The van der Waals surface area contributed by atoms with Crippen molar-refractivity contribution in [3.63, 3.8) is 0 Å². The molecule has 0 spiro atoms. The lowest BCUT2D eigenvalue weighted by atomic mass is 10.0. The monoisotopic (exact) mass is 588 g/mol. The number of aromatic nitrogens is 1. The quantitative estimate of drug-likeness (QED) is 0.192. The van der Waals surface area contributed by atoms with Gasteiger partial charge in [-0.25, -0.2) is 9.59 Å². The highest BCUT2D eigenvalue weighted by atomic mass is 16.5. The van der Waals surface area contributed by atoms with Gasteiger partial charge < -0.3 is 25.1 Å². The molecule has 0 saturated carbocycles. The molecule has 0 fully saturated rings. The number of esters is 1. The van der Waals surface area contributed by atoms with Gasteiger partial charge in [-0.05, 0) is 43.0 Å². The molecule has 0 saturated heterocycles. The number of carbonyl (C=O) groups excluding carboxylic acids is 4. The fraction of sp³-hybridized carbons (Fsp3) is 0.281. The number of carbonyl (C=O) groups is 4. The number of nitrogens with two attached hydrogens (primary N) is 1. The van der Waals surface area contributed by atoms with E-state index >= 15 is 0 Å². The van der Waals surface area contributed by atoms with Crippen molar-refractivity contribution in [2.45, 2.75) is 51.8 Å². The summed E-state index contributed by atoms with van der Waals surface area (Å²) in [6, 6.07) is 18.0. The van der Waals surface area contributed by atoms with E-state index in [-0.39, 0.29) is 38.2 Å². The molecule has 2 unspecified atom stereocenters. The molecule has 0 aliphatic rings. The van der Waals surface area contributed by atoms with Gasteiger partial charge in [0.05, 0.1) is 6.61 Å². The van der Waals surface area contributed by atoms with Crippen LogP contribution >= 0.6 is 0 Å². The first kappa shape index (κ1) is 32.3. The van der Waals surface area contributed by atoms with Gasteiger partial charge in [-0.2, -0.15) is 0 Å². The second-order valence-electron chi connectivity index (χ2n) is 9.71. The molecule has 11 heteroatoms. The summed E-state index contributed by atoms with van der Waals surface area (Å²) in [5.41, 5.74) is 6.72. The molecule has 3 aromatic rings. The number of aryl methyl sites for hydroxylation is 1. The highest BCUT2D eigenvalue weighted by Crippen LogP contribution is 2.18. The van der Waals surface area contributed by atoms with Crippen molar-refractivity contribution in [2.75, 3.05) is 11.9 Å². The van der Waals surface area contributed by atoms with Crippen LogP contribution in [0.1, 0.15) is 42.5 Å². The van der Waals surface area contributed by atoms with Crippen molar-refractivity contribution < 1.29 is 28.7 Å². The second kappa shape index (κ2) is 16.3. The van der Waals surface area contributed by atoms with E-state index in [0.29, 0.717) is 5.56 Å². The van der Waals surface area contributed by atoms with Crippen molar-refractivity contribution in [3.05, 3.63) is 112 Å². The van der Waals surface area contributed by atoms with E-state index in [1.54, 1.807) is 32.0 Å². The summed E-state index contributed by atoms with van der Waals surface area (Å²) < 4.78 is 11.4. The molecule has 0 aliphatic heterocycles. The Morgan fingerprint density at radius 2 is 1.60 bits per heavy atom. The Morgan fingerprint density at radius 1 is 0.953 bits per heavy atom. The smallest absolute Gasteiger partial charge is 0.412 e. The van der Waals surface area contributed by atoms with E-state index in [1.165, 1.54) is 22.9 Å². The predicted octanol–water partition coefficient (Wildman–Crippen LogP) is 3.56. The first-order chi connectivity index (χ1) is 20.7. The largest absolute Gasteiger partial charge is 0.463 e. The van der Waals surface area contributed by atoms with Gasteiger partial charge >= 0.3 is 12.1 Å². The van der Waals surface area contributed by atoms with E-state index in [2.05, 4.69) is 10.6 Å². The third-order valence-corrected chi connectivity index (χ3v) is 6.46. The molecule has 4 N–H and O–H groups in total. The van der Waals surface area contributed by atoms with Crippen LogP contribution in [0.5, 0.6) is 0 Å². The number of amides is 3. The number of nitrogens with one attached hydrogen (secondary N) is 2. The fourth-order valence-corrected chi connectivity index (χ4v) is 4.23. The number of rotatable bonds is 14. The van der Waals surface area contributed by atoms with Gasteiger partial charge in [0.2, 0.25) is 11.8 Å². The molecular weight excluding hydrogens is 552 g/mol. The molecule has 43 heavy (non-hydrogen) atoms. The number of pyridine rings is 1. The lowest BCUT2D eigenvalue weighted by Gasteiger charge is -2.24. The van der Waals surface area contributed by atoms with E-state index in [9.17, 15) is 24.0 Å². The van der Waals surface area contributed by atoms with E-state index in [1.807, 2.05) is 48.5 Å². The minimum Gasteiger partial charge on any atom is -0.463 e. The van der Waals surface area contributed by atoms with Gasteiger partial charge in [-0.3, -0.25) is 19.7 Å². The standard InChI is InChI=1S/C32H36N4O7/c1-3-42-28(38)17-15-25(14-16-27(33)37)34-30(39)26(20-23-10-6-4-7-11-23)36-19-18-22(2)29(31(36)40)35-32(41)43-21-24-12-8-5-9-13-24/h4-13,15,17-19,25-26H,3,14,16,20-21H2,1-2H3,(H2,33,37)(H,34,39)(H,35,41). The van der Waals surface area contributed by atoms with E-state index < -0.39 is 41.5 Å². The number of ether oxygens (including phenoxy) is 2. The van der Waals surface area contributed by atoms with Crippen LogP contribution in [-0.2, 0) is 36.9 Å². The van der Waals surface area contributed by atoms with Crippen LogP contribution in [0.4, 0.5) is 10.5 Å². The molecule has 1 heterocycles. The zero-order valence-corrected chi connectivity index (χ0v) is 24.2. The average Bonchev–Trinajstić information content (AvgIpc) is 2.99. The number of benzene rings is 2. The number of hydrogen-bond donors (Lipinski definition) is 3. The minimum atomic E-state index is -1.05. The summed E-state index contributed by atoms with van der Waals surface area (Å²) in [4.78, 5) is 63.4. The first-order valence-corrected chi connectivity index (χ1v) is 13.8. The molecule has 226 valence electrons. The van der Waals surface area contributed by atoms with Gasteiger partial charge in [0.1, 0.15) is 18.3 Å². The summed E-state index contributed by atoms with van der Waals surface area (Å²) >= 11 is 0. The van der Waals surface area contributed by atoms with E-state index in [0.717, 1.165) is 11.1 Å². The predicted molar refractivity (Wildman–Crippen MR) is 161 cm³/mol. The van der Waals surface area contributed by atoms with Gasteiger partial charge in [0, 0.05) is 31.2 Å². The molecule has 1 aromatic heterocycles. The third kappa shape index (κ3) is 10.3. The molecule has 11 nitrogen and oxygen atoms in total. The Kier molecular flexibility index (Phi) is 12.3. The van der Waals surface area contributed by atoms with Crippen molar-refractivity contribution in [3.8, 4) is 0 Å². The average molecular weight is 589 g/mol. The van der Waals surface area contributed by atoms with Crippen molar-refractivity contribution in [1.82, 2.24) is 9.88 Å². The summed E-state index contributed by atoms with van der Waals surface area (Å²) in [7, 11) is 0. The molecule has 2 aromatic carbocycles. The zero-order valence-electron chi connectivity index (χ0n) is 24.2. The molecule has 0 aliphatic carbocycles. The minimum absolute atomic E-state index is 0.0117. The lowest BCUT2D eigenvalue weighted by Crippen LogP contribution is -2.43. The fourth-order valence-electron chi connectivity index (χ4n) is 4.23. The van der Waals surface area contributed by atoms with Crippen LogP contribution in [0.25, 0.3) is 0 Å². The number of nitrogens with zero attached hydrogens (tertiary/aromatic N) is 1. The normalized spacial score (nSPS) is 12.2. The highest BCUT2D eigenvalue weighted by Gasteiger charge is 2.26. The van der Waals surface area contributed by atoms with E-state index in [4.69, 9.17) is 15.2 Å². The van der Waals surface area contributed by atoms with Crippen LogP contribution < -0.4 is 21.9 Å². The maximum Gasteiger partial charge on any atom is 0.412 e. The number of primary amides is 1. The van der Waals surface area contributed by atoms with Crippen LogP contribution in [0.3, 0.4) is 0 Å². The van der Waals surface area contributed by atoms with Crippen LogP contribution in [-0.4, -0.2) is 41.1 Å². The van der Waals surface area contributed by atoms with Crippen molar-refractivity contribution in [2.24, 2.45) is 5.73 Å². The van der Waals surface area contributed by atoms with Gasteiger partial charge in [0.15, 0.2) is 0 Å². The topological polar surface area (TPSA) is 159 Å². The number of anilines is 1. The Labute approximate surface area is 249 Å². The van der Waals surface area contributed by atoms with Crippen LogP contribution in [0.2, 0.25) is 0 Å². The maximum atomic E-state index is 13.8. The van der Waals surface area contributed by atoms with Gasteiger partial charge in [-0.1, -0.05) is 66.7 Å². The Bertz CT molecular complexity index is 1490. The second-order valence-corrected chi connectivity index (χ2v) is 9.71. The van der Waals surface area contributed by atoms with Crippen molar-refractivity contribution in [1.29, 1.82) is 0 Å². The number of hydrogen-bond acceptors (Lipinski definition) is 7. The molecule has 2 atom stereocenters. The summed E-state index contributed by atoms with van der Waals surface area (Å²) in [6.07, 6.45) is 3.47. The SMILES string of the molecule is CCOC(=O)C=CC(CCC(N)=O)NC(=O)C(Cc1ccccc1)n1ccc(C)c(NC(=O)OCc2ccccc2)c1=O. The summed E-state index contributed by atoms with van der Waals surface area (Å²) in [5, 5.41) is 5.34. The molecule has 0 bridgehead atoms. The van der Waals surface area contributed by atoms with Crippen LogP contribution in [0, 0.1) is 6.92 Å². The Balaban J connectivity index is 1.90. The molecular formula is C32H36N4O7. The van der Waals surface area contributed by atoms with Crippen molar-refractivity contribution >= 4 is 29.6 Å². The zero-order chi connectivity index (χ0) is 31.2. The Morgan fingerprint density at radius 3 is 2.23 bits per heavy atom. The molecule has 0 radical (unpaired) electrons. The molecule has 3 rings (SSSR count).